The summed E-state index contributed by atoms with van der Waals surface area (Å²) in [5, 5.41) is 9.13. The molecular formula is C18H25NO3. The SMILES string of the molecule is C=CC1C(/C=C\C)c2ccc(OC)cc2N1CC(=O)O.CC. The minimum Gasteiger partial charge on any atom is -0.497 e. The number of hydrogen-bond donors (Lipinski definition) is 1. The zero-order valence-corrected chi connectivity index (χ0v) is 13.7. The summed E-state index contributed by atoms with van der Waals surface area (Å²) in [6.07, 6.45) is 5.87. The molecule has 2 atom stereocenters. The van der Waals surface area contributed by atoms with Crippen LogP contribution in [0.4, 0.5) is 5.69 Å². The summed E-state index contributed by atoms with van der Waals surface area (Å²) in [5.41, 5.74) is 2.01. The number of nitrogens with zero attached hydrogens (tertiary/aromatic N) is 1. The maximum absolute atomic E-state index is 11.1. The first-order chi connectivity index (χ1) is 10.6. The predicted molar refractivity (Wildman–Crippen MR) is 90.9 cm³/mol. The molecule has 1 aromatic carbocycles. The number of anilines is 1. The molecule has 1 aliphatic heterocycles. The molecule has 0 aromatic heterocycles. The Hall–Kier alpha value is -2.23. The molecule has 1 heterocycles. The van der Waals surface area contributed by atoms with Gasteiger partial charge in [0.15, 0.2) is 0 Å². The van der Waals surface area contributed by atoms with Crippen molar-refractivity contribution in [2.24, 2.45) is 0 Å². The summed E-state index contributed by atoms with van der Waals surface area (Å²) in [6, 6.07) is 5.74. The molecule has 0 saturated carbocycles. The van der Waals surface area contributed by atoms with Crippen LogP contribution in [0.25, 0.3) is 0 Å². The third kappa shape index (κ3) is 3.50. The Labute approximate surface area is 132 Å². The number of benzene rings is 1. The molecule has 2 rings (SSSR count). The summed E-state index contributed by atoms with van der Waals surface area (Å²) in [5.74, 6) is -0.00687. The van der Waals surface area contributed by atoms with Crippen LogP contribution in [0.3, 0.4) is 0 Å². The van der Waals surface area contributed by atoms with E-state index in [9.17, 15) is 4.79 Å². The summed E-state index contributed by atoms with van der Waals surface area (Å²) < 4.78 is 5.24. The minimum absolute atomic E-state index is 0.0507. The van der Waals surface area contributed by atoms with Gasteiger partial charge in [0.05, 0.1) is 13.2 Å². The highest BCUT2D eigenvalue weighted by atomic mass is 16.5. The van der Waals surface area contributed by atoms with Crippen molar-refractivity contribution in [3.8, 4) is 5.75 Å². The van der Waals surface area contributed by atoms with Crippen molar-refractivity contribution in [3.63, 3.8) is 0 Å². The number of ether oxygens (including phenoxy) is 1. The normalized spacial score (nSPS) is 19.4. The van der Waals surface area contributed by atoms with Gasteiger partial charge in [-0.25, -0.2) is 0 Å². The lowest BCUT2D eigenvalue weighted by molar-refractivity contribution is -0.135. The molecule has 0 fully saturated rings. The third-order valence-electron chi connectivity index (χ3n) is 3.58. The minimum atomic E-state index is -0.855. The van der Waals surface area contributed by atoms with Gasteiger partial charge in [0, 0.05) is 17.7 Å². The van der Waals surface area contributed by atoms with Gasteiger partial charge in [-0.15, -0.1) is 6.58 Å². The zero-order valence-electron chi connectivity index (χ0n) is 13.7. The highest BCUT2D eigenvalue weighted by molar-refractivity contribution is 5.78. The number of methoxy groups -OCH3 is 1. The summed E-state index contributed by atoms with van der Waals surface area (Å²) in [4.78, 5) is 13.0. The van der Waals surface area contributed by atoms with Crippen LogP contribution < -0.4 is 9.64 Å². The van der Waals surface area contributed by atoms with E-state index in [1.807, 2.05) is 49.9 Å². The molecule has 0 amide bonds. The number of aliphatic carboxylic acids is 1. The number of hydrogen-bond acceptors (Lipinski definition) is 3. The summed E-state index contributed by atoms with van der Waals surface area (Å²) >= 11 is 0. The van der Waals surface area contributed by atoms with Gasteiger partial charge in [0.2, 0.25) is 0 Å². The number of fused-ring (bicyclic) bond motifs is 1. The number of allylic oxidation sites excluding steroid dienone is 1. The van der Waals surface area contributed by atoms with Gasteiger partial charge in [0.1, 0.15) is 12.3 Å². The average Bonchev–Trinajstić information content (AvgIpc) is 2.81. The van der Waals surface area contributed by atoms with Crippen molar-refractivity contribution in [1.29, 1.82) is 0 Å². The van der Waals surface area contributed by atoms with Crippen molar-refractivity contribution >= 4 is 11.7 Å². The maximum atomic E-state index is 11.1. The van der Waals surface area contributed by atoms with Crippen LogP contribution in [0, 0.1) is 0 Å². The second-order valence-electron chi connectivity index (χ2n) is 4.72. The Bertz CT molecular complexity index is 551. The number of carboxylic acid groups (broad SMARTS) is 1. The molecule has 22 heavy (non-hydrogen) atoms. The van der Waals surface area contributed by atoms with Gasteiger partial charge < -0.3 is 14.7 Å². The monoisotopic (exact) mass is 303 g/mol. The fourth-order valence-corrected chi connectivity index (χ4v) is 2.75. The molecule has 1 aromatic rings. The van der Waals surface area contributed by atoms with Crippen LogP contribution in [-0.4, -0.2) is 30.8 Å². The smallest absolute Gasteiger partial charge is 0.323 e. The third-order valence-corrected chi connectivity index (χ3v) is 3.58. The van der Waals surface area contributed by atoms with Crippen LogP contribution in [0.5, 0.6) is 5.75 Å². The molecule has 120 valence electrons. The van der Waals surface area contributed by atoms with Gasteiger partial charge >= 0.3 is 5.97 Å². The van der Waals surface area contributed by atoms with Gasteiger partial charge in [-0.05, 0) is 18.6 Å². The second kappa shape index (κ2) is 8.27. The second-order valence-corrected chi connectivity index (χ2v) is 4.72. The van der Waals surface area contributed by atoms with Gasteiger partial charge in [0.25, 0.3) is 0 Å². The van der Waals surface area contributed by atoms with E-state index < -0.39 is 5.97 Å². The topological polar surface area (TPSA) is 49.8 Å². The van der Waals surface area contributed by atoms with E-state index in [0.29, 0.717) is 0 Å². The van der Waals surface area contributed by atoms with E-state index >= 15 is 0 Å². The lowest BCUT2D eigenvalue weighted by Crippen LogP contribution is -2.36. The lowest BCUT2D eigenvalue weighted by Gasteiger charge is -2.25. The summed E-state index contributed by atoms with van der Waals surface area (Å²) in [6.45, 7) is 9.77. The Kier molecular flexibility index (Phi) is 6.70. The standard InChI is InChI=1S/C16H19NO3.C2H6/c1-4-6-12-13-8-7-11(20-3)9-15(13)17(10-16(18)19)14(12)5-2;1-2/h4-9,12,14H,2,10H2,1,3H3,(H,18,19);1-2H3/b6-4-;. The molecule has 2 unspecified atom stereocenters. The van der Waals surface area contributed by atoms with Crippen LogP contribution in [0.15, 0.2) is 43.0 Å². The highest BCUT2D eigenvalue weighted by Crippen LogP contribution is 2.43. The largest absolute Gasteiger partial charge is 0.497 e. The maximum Gasteiger partial charge on any atom is 0.323 e. The van der Waals surface area contributed by atoms with Crippen molar-refractivity contribution in [2.45, 2.75) is 32.7 Å². The molecular weight excluding hydrogens is 278 g/mol. The molecule has 0 spiro atoms. The lowest BCUT2D eigenvalue weighted by atomic mass is 9.94. The van der Waals surface area contributed by atoms with E-state index in [1.165, 1.54) is 0 Å². The Morgan fingerprint density at radius 3 is 2.64 bits per heavy atom. The van der Waals surface area contributed by atoms with E-state index in [-0.39, 0.29) is 18.5 Å². The van der Waals surface area contributed by atoms with Gasteiger partial charge in [-0.3, -0.25) is 4.79 Å². The molecule has 4 nitrogen and oxygen atoms in total. The fraction of sp³-hybridized carbons (Fsp3) is 0.389. The van der Waals surface area contributed by atoms with E-state index in [1.54, 1.807) is 13.2 Å². The van der Waals surface area contributed by atoms with Crippen molar-refractivity contribution in [3.05, 3.63) is 48.6 Å². The van der Waals surface area contributed by atoms with E-state index in [4.69, 9.17) is 9.84 Å². The average molecular weight is 303 g/mol. The summed E-state index contributed by atoms with van der Waals surface area (Å²) in [7, 11) is 1.60. The molecule has 0 aliphatic carbocycles. The predicted octanol–water partition coefficient (Wildman–Crippen LogP) is 3.84. The molecule has 1 aliphatic rings. The van der Waals surface area contributed by atoms with Crippen LogP contribution in [0.1, 0.15) is 32.3 Å². The Balaban J connectivity index is 0.00000116. The molecule has 4 heteroatoms. The van der Waals surface area contributed by atoms with Crippen LogP contribution in [-0.2, 0) is 4.79 Å². The van der Waals surface area contributed by atoms with Crippen molar-refractivity contribution < 1.29 is 14.6 Å². The van der Waals surface area contributed by atoms with Crippen molar-refractivity contribution in [1.82, 2.24) is 0 Å². The number of carbonyl (C=O) groups is 1. The van der Waals surface area contributed by atoms with Crippen molar-refractivity contribution in [2.75, 3.05) is 18.6 Å². The van der Waals surface area contributed by atoms with Crippen LogP contribution >= 0.6 is 0 Å². The Morgan fingerprint density at radius 2 is 2.14 bits per heavy atom. The first-order valence-electron chi connectivity index (χ1n) is 7.54. The molecule has 1 N–H and O–H groups in total. The Morgan fingerprint density at radius 1 is 1.45 bits per heavy atom. The van der Waals surface area contributed by atoms with E-state index in [0.717, 1.165) is 17.0 Å². The fourth-order valence-electron chi connectivity index (χ4n) is 2.75. The van der Waals surface area contributed by atoms with Gasteiger partial charge in [-0.1, -0.05) is 38.1 Å². The molecule has 0 bridgehead atoms. The molecule has 0 saturated heterocycles. The van der Waals surface area contributed by atoms with Crippen LogP contribution in [0.2, 0.25) is 0 Å². The highest BCUT2D eigenvalue weighted by Gasteiger charge is 2.36. The first kappa shape index (κ1) is 17.8. The zero-order chi connectivity index (χ0) is 16.7. The number of rotatable bonds is 5. The quantitative estimate of drug-likeness (QED) is 0.840. The first-order valence-corrected chi connectivity index (χ1v) is 7.54. The van der Waals surface area contributed by atoms with E-state index in [2.05, 4.69) is 12.7 Å². The van der Waals surface area contributed by atoms with Gasteiger partial charge in [-0.2, -0.15) is 0 Å². The number of carboxylic acids is 1. The molecule has 0 radical (unpaired) electrons.